The fraction of sp³-hybridized carbons (Fsp3) is 0.257. The number of nitrogens with zero attached hydrogens (tertiary/aromatic N) is 1. The molecule has 1 amide bonds. The molecule has 0 aliphatic carbocycles. The number of ether oxygens (including phenoxy) is 2. The number of thioether (sulfide) groups is 1. The smallest absolute Gasteiger partial charge is 0.252 e. The van der Waals surface area contributed by atoms with Gasteiger partial charge in [0.2, 0.25) is 5.90 Å². The summed E-state index contributed by atoms with van der Waals surface area (Å²) in [5.41, 5.74) is 2.21. The van der Waals surface area contributed by atoms with Crippen LogP contribution < -0.4 is 10.1 Å². The van der Waals surface area contributed by atoms with Gasteiger partial charge in [-0.3, -0.25) is 4.79 Å². The second-order valence-corrected chi connectivity index (χ2v) is 13.4. The second kappa shape index (κ2) is 15.9. The highest BCUT2D eigenvalue weighted by Crippen LogP contribution is 2.44. The van der Waals surface area contributed by atoms with Crippen LogP contribution in [0.15, 0.2) is 111 Å². The van der Waals surface area contributed by atoms with Gasteiger partial charge in [0.15, 0.2) is 11.6 Å². The maximum Gasteiger partial charge on any atom is 0.252 e. The van der Waals surface area contributed by atoms with E-state index in [1.54, 1.807) is 23.9 Å². The summed E-state index contributed by atoms with van der Waals surface area (Å²) in [6.07, 6.45) is 0.148. The minimum Gasteiger partial charge on any atom is -0.494 e. The molecule has 1 aliphatic heterocycles. The molecule has 4 aromatic carbocycles. The number of rotatable bonds is 14. The summed E-state index contributed by atoms with van der Waals surface area (Å²) in [5, 5.41) is 12.2. The van der Waals surface area contributed by atoms with E-state index in [4.69, 9.17) is 19.6 Å². The Kier molecular flexibility index (Phi) is 11.7. The highest BCUT2D eigenvalue weighted by molar-refractivity contribution is 9.10. The van der Waals surface area contributed by atoms with Gasteiger partial charge < -0.3 is 19.9 Å². The predicted molar refractivity (Wildman–Crippen MR) is 184 cm³/mol. The van der Waals surface area contributed by atoms with Gasteiger partial charge >= 0.3 is 0 Å². The van der Waals surface area contributed by atoms with Crippen LogP contribution in [0.2, 0.25) is 0 Å². The minimum atomic E-state index is -1.30. The number of carbonyl (C=O) groups is 1. The lowest BCUT2D eigenvalue weighted by atomic mass is 9.82. The number of aliphatic imine (C=N–C) groups is 1. The predicted octanol–water partition coefficient (Wildman–Crippen LogP) is 7.66. The number of carbonyl (C=O) groups excluding carboxylic acids is 1. The van der Waals surface area contributed by atoms with Gasteiger partial charge in [0, 0.05) is 57.6 Å². The van der Waals surface area contributed by atoms with Crippen molar-refractivity contribution in [1.82, 2.24) is 5.32 Å². The maximum atomic E-state index is 14.4. The van der Waals surface area contributed by atoms with Gasteiger partial charge in [-0.2, -0.15) is 11.8 Å². The molecule has 4 aromatic rings. The Bertz CT molecular complexity index is 1600. The number of hydrogen-bond acceptors (Lipinski definition) is 6. The molecule has 2 N–H and O–H groups in total. The van der Waals surface area contributed by atoms with Gasteiger partial charge in [0.1, 0.15) is 11.6 Å². The standard InChI is InChI=1S/C35H33Br2FN2O4S/c36-27-12-6-24(7-13-27)22-35(34(42)39-18-21-45-23-25-8-14-28(38)15-9-25)32(30-4-1-2-5-31(30)37)44-33(40-35)26-10-16-29(17-11-26)43-20-3-19-41/h1-2,4-17,32,41H,3,18-23H2,(H,39,42)/t32-,35-/m1/s1. The van der Waals surface area contributed by atoms with E-state index in [2.05, 4.69) is 37.2 Å². The molecule has 234 valence electrons. The fourth-order valence-electron chi connectivity index (χ4n) is 5.02. The minimum absolute atomic E-state index is 0.0641. The molecule has 6 nitrogen and oxygen atoms in total. The van der Waals surface area contributed by atoms with Gasteiger partial charge in [-0.05, 0) is 65.7 Å². The molecule has 2 atom stereocenters. The summed E-state index contributed by atoms with van der Waals surface area (Å²) in [5.74, 6) is 1.94. The van der Waals surface area contributed by atoms with E-state index >= 15 is 0 Å². The third kappa shape index (κ3) is 8.55. The molecule has 1 aliphatic rings. The molecule has 5 rings (SSSR count). The summed E-state index contributed by atoms with van der Waals surface area (Å²) in [7, 11) is 0. The molecule has 0 saturated carbocycles. The van der Waals surface area contributed by atoms with Crippen LogP contribution in [0.1, 0.15) is 34.8 Å². The van der Waals surface area contributed by atoms with Gasteiger partial charge in [-0.25, -0.2) is 9.38 Å². The van der Waals surface area contributed by atoms with Crippen LogP contribution in [-0.2, 0) is 21.7 Å². The number of hydrogen-bond donors (Lipinski definition) is 2. The first-order chi connectivity index (χ1) is 21.9. The first-order valence-electron chi connectivity index (χ1n) is 14.6. The number of amides is 1. The first kappa shape index (κ1) is 33.2. The average Bonchev–Trinajstić information content (AvgIpc) is 3.43. The number of halogens is 3. The van der Waals surface area contributed by atoms with E-state index in [0.29, 0.717) is 49.1 Å². The molecule has 0 radical (unpaired) electrons. The summed E-state index contributed by atoms with van der Waals surface area (Å²) in [4.78, 5) is 19.5. The summed E-state index contributed by atoms with van der Waals surface area (Å²) in [6, 6.07) is 29.5. The van der Waals surface area contributed by atoms with Crippen molar-refractivity contribution in [3.05, 3.63) is 134 Å². The molecule has 0 saturated heterocycles. The van der Waals surface area contributed by atoms with E-state index in [9.17, 15) is 9.18 Å². The number of benzene rings is 4. The molecule has 0 spiro atoms. The third-order valence-electron chi connectivity index (χ3n) is 7.32. The van der Waals surface area contributed by atoms with Crippen molar-refractivity contribution in [3.63, 3.8) is 0 Å². The summed E-state index contributed by atoms with van der Waals surface area (Å²) < 4.78 is 27.4. The Morgan fingerprint density at radius 2 is 1.69 bits per heavy atom. The van der Waals surface area contributed by atoms with Gasteiger partial charge in [0.25, 0.3) is 5.91 Å². The van der Waals surface area contributed by atoms with Crippen LogP contribution in [0.25, 0.3) is 0 Å². The first-order valence-corrected chi connectivity index (χ1v) is 17.3. The lowest BCUT2D eigenvalue weighted by molar-refractivity contribution is -0.128. The van der Waals surface area contributed by atoms with E-state index in [-0.39, 0.29) is 18.3 Å². The van der Waals surface area contributed by atoms with Crippen molar-refractivity contribution in [1.29, 1.82) is 0 Å². The van der Waals surface area contributed by atoms with Crippen molar-refractivity contribution in [2.24, 2.45) is 4.99 Å². The monoisotopic (exact) mass is 754 g/mol. The van der Waals surface area contributed by atoms with Gasteiger partial charge in [-0.1, -0.05) is 74.3 Å². The summed E-state index contributed by atoms with van der Waals surface area (Å²) >= 11 is 8.86. The molecule has 10 heteroatoms. The van der Waals surface area contributed by atoms with Crippen molar-refractivity contribution in [3.8, 4) is 5.75 Å². The largest absolute Gasteiger partial charge is 0.494 e. The Hall–Kier alpha value is -3.18. The van der Waals surface area contributed by atoms with Crippen LogP contribution in [0.5, 0.6) is 5.75 Å². The van der Waals surface area contributed by atoms with E-state index in [1.807, 2.05) is 72.8 Å². The van der Waals surface area contributed by atoms with Crippen molar-refractivity contribution >= 4 is 55.4 Å². The highest BCUT2D eigenvalue weighted by Gasteiger charge is 2.53. The number of aliphatic hydroxyl groups is 1. The summed E-state index contributed by atoms with van der Waals surface area (Å²) in [6.45, 7) is 0.908. The van der Waals surface area contributed by atoms with Crippen molar-refractivity contribution in [2.45, 2.75) is 30.2 Å². The molecule has 0 aromatic heterocycles. The maximum absolute atomic E-state index is 14.4. The van der Waals surface area contributed by atoms with Crippen molar-refractivity contribution in [2.75, 3.05) is 25.5 Å². The number of nitrogens with one attached hydrogen (secondary N) is 1. The normalized spacial score (nSPS) is 17.4. The molecule has 0 bridgehead atoms. The Morgan fingerprint density at radius 3 is 2.40 bits per heavy atom. The SMILES string of the molecule is O=C(NCCSCc1ccc(F)cc1)[C@]1(Cc2ccc(Br)cc2)N=C(c2ccc(OCCCO)cc2)O[C@@H]1c1ccccc1Br. The molecule has 45 heavy (non-hydrogen) atoms. The topological polar surface area (TPSA) is 80.2 Å². The lowest BCUT2D eigenvalue weighted by Crippen LogP contribution is -2.50. The van der Waals surface area contributed by atoms with Crippen LogP contribution >= 0.6 is 43.6 Å². The Labute approximate surface area is 283 Å². The van der Waals surface area contributed by atoms with Crippen LogP contribution in [-0.4, -0.2) is 48.0 Å². The zero-order valence-electron chi connectivity index (χ0n) is 24.4. The third-order valence-corrected chi connectivity index (χ3v) is 9.60. The van der Waals surface area contributed by atoms with E-state index in [1.165, 1.54) is 12.1 Å². The van der Waals surface area contributed by atoms with Crippen LogP contribution in [0.4, 0.5) is 4.39 Å². The van der Waals surface area contributed by atoms with E-state index in [0.717, 1.165) is 31.2 Å². The fourth-order valence-corrected chi connectivity index (χ4v) is 6.60. The van der Waals surface area contributed by atoms with Crippen LogP contribution in [0, 0.1) is 5.82 Å². The molecular weight excluding hydrogens is 723 g/mol. The molecule has 0 fully saturated rings. The van der Waals surface area contributed by atoms with Gasteiger partial charge in [-0.15, -0.1) is 0 Å². The van der Waals surface area contributed by atoms with E-state index < -0.39 is 11.6 Å². The second-order valence-electron chi connectivity index (χ2n) is 10.5. The lowest BCUT2D eigenvalue weighted by Gasteiger charge is -2.31. The van der Waals surface area contributed by atoms with Crippen molar-refractivity contribution < 1.29 is 23.8 Å². The van der Waals surface area contributed by atoms with Crippen LogP contribution in [0.3, 0.4) is 0 Å². The molecular formula is C35H33Br2FN2O4S. The zero-order chi connectivity index (χ0) is 31.6. The number of aliphatic hydroxyl groups excluding tert-OH is 1. The molecule has 1 heterocycles. The Morgan fingerprint density at radius 1 is 0.978 bits per heavy atom. The molecule has 0 unspecified atom stereocenters. The Balaban J connectivity index is 1.43. The van der Waals surface area contributed by atoms with Gasteiger partial charge in [0.05, 0.1) is 6.61 Å². The quantitative estimate of drug-likeness (QED) is 0.129. The zero-order valence-corrected chi connectivity index (χ0v) is 28.4. The highest BCUT2D eigenvalue weighted by atomic mass is 79.9. The average molecular weight is 757 g/mol.